The van der Waals surface area contributed by atoms with Gasteiger partial charge in [0.25, 0.3) is 0 Å². The van der Waals surface area contributed by atoms with Crippen molar-refractivity contribution in [1.29, 1.82) is 0 Å². The lowest BCUT2D eigenvalue weighted by Crippen LogP contribution is -2.10. The number of ether oxygens (including phenoxy) is 2. The smallest absolute Gasteiger partial charge is 0.338 e. The molecule has 0 bridgehead atoms. The Hall–Kier alpha value is -2.04. The lowest BCUT2D eigenvalue weighted by atomic mass is 10.0. The van der Waals surface area contributed by atoms with Gasteiger partial charge in [0.1, 0.15) is 5.75 Å². The number of methoxy groups -OCH3 is 1. The summed E-state index contributed by atoms with van der Waals surface area (Å²) >= 11 is 0. The number of carboxylic acid groups (broad SMARTS) is 1. The minimum absolute atomic E-state index is 0.0684. The molecule has 0 saturated carbocycles. The van der Waals surface area contributed by atoms with Crippen molar-refractivity contribution in [1.82, 2.24) is 0 Å². The van der Waals surface area contributed by atoms with Crippen LogP contribution in [0, 0.1) is 6.92 Å². The van der Waals surface area contributed by atoms with Crippen LogP contribution in [0.1, 0.15) is 123 Å². The Morgan fingerprint density at radius 2 is 1.23 bits per heavy atom. The monoisotopic (exact) mass is 434 g/mol. The molecule has 1 rings (SSSR count). The summed E-state index contributed by atoms with van der Waals surface area (Å²) in [5.74, 6) is -1.23. The number of hydrogen-bond donors (Lipinski definition) is 1. The van der Waals surface area contributed by atoms with Crippen molar-refractivity contribution in [3.8, 4) is 5.75 Å². The Morgan fingerprint density at radius 3 is 1.68 bits per heavy atom. The molecule has 0 aliphatic rings. The molecular weight excluding hydrogens is 392 g/mol. The van der Waals surface area contributed by atoms with Crippen molar-refractivity contribution in [3.05, 3.63) is 28.8 Å². The highest BCUT2D eigenvalue weighted by molar-refractivity contribution is 5.97. The number of hydrogen-bond acceptors (Lipinski definition) is 4. The van der Waals surface area contributed by atoms with Crippen molar-refractivity contribution in [3.63, 3.8) is 0 Å². The van der Waals surface area contributed by atoms with Crippen LogP contribution < -0.4 is 4.74 Å². The van der Waals surface area contributed by atoms with Crippen LogP contribution in [0.5, 0.6) is 5.75 Å². The van der Waals surface area contributed by atoms with Crippen LogP contribution in [0.15, 0.2) is 12.1 Å². The lowest BCUT2D eigenvalue weighted by molar-refractivity contribution is 0.0599. The van der Waals surface area contributed by atoms with E-state index in [0.29, 0.717) is 17.9 Å². The highest BCUT2D eigenvalue weighted by atomic mass is 16.5. The van der Waals surface area contributed by atoms with Crippen LogP contribution in [0.25, 0.3) is 0 Å². The van der Waals surface area contributed by atoms with Crippen molar-refractivity contribution < 1.29 is 24.2 Å². The summed E-state index contributed by atoms with van der Waals surface area (Å²) in [5, 5.41) is 9.37. The van der Waals surface area contributed by atoms with Crippen molar-refractivity contribution in [2.45, 2.75) is 104 Å². The molecule has 1 aromatic rings. The van der Waals surface area contributed by atoms with Gasteiger partial charge in [-0.05, 0) is 31.0 Å². The largest absolute Gasteiger partial charge is 0.494 e. The summed E-state index contributed by atoms with van der Waals surface area (Å²) in [6.07, 6.45) is 18.1. The van der Waals surface area contributed by atoms with Crippen molar-refractivity contribution >= 4 is 11.9 Å². The van der Waals surface area contributed by atoms with Crippen LogP contribution in [0.4, 0.5) is 0 Å². The average molecular weight is 435 g/mol. The fourth-order valence-corrected chi connectivity index (χ4v) is 3.80. The molecule has 0 aromatic heterocycles. The molecular formula is C26H42O5. The second-order valence-electron chi connectivity index (χ2n) is 8.38. The zero-order valence-corrected chi connectivity index (χ0v) is 19.8. The number of carbonyl (C=O) groups is 2. The van der Waals surface area contributed by atoms with E-state index in [0.717, 1.165) is 12.8 Å². The third kappa shape index (κ3) is 11.2. The lowest BCUT2D eigenvalue weighted by Gasteiger charge is -2.12. The summed E-state index contributed by atoms with van der Waals surface area (Å²) in [5.41, 5.74) is 0.695. The molecule has 0 saturated heterocycles. The first-order chi connectivity index (χ1) is 15.0. The van der Waals surface area contributed by atoms with Crippen LogP contribution in [0.2, 0.25) is 0 Å². The van der Waals surface area contributed by atoms with Gasteiger partial charge in [-0.1, -0.05) is 90.4 Å². The summed E-state index contributed by atoms with van der Waals surface area (Å²) in [4.78, 5) is 23.3. The van der Waals surface area contributed by atoms with Gasteiger partial charge in [-0.15, -0.1) is 0 Å². The zero-order valence-electron chi connectivity index (χ0n) is 19.8. The van der Waals surface area contributed by atoms with Gasteiger partial charge in [0.2, 0.25) is 0 Å². The van der Waals surface area contributed by atoms with Crippen molar-refractivity contribution in [2.24, 2.45) is 0 Å². The molecule has 0 radical (unpaired) electrons. The number of aromatic carboxylic acids is 1. The minimum Gasteiger partial charge on any atom is -0.494 e. The molecule has 5 heteroatoms. The molecule has 0 aliphatic carbocycles. The fourth-order valence-electron chi connectivity index (χ4n) is 3.80. The van der Waals surface area contributed by atoms with Gasteiger partial charge < -0.3 is 14.6 Å². The SMILES string of the molecule is CCCCCCCCCCCCCCCCOc1cc(C(=O)O)c(C)c(C(=O)OC)c1. The maximum absolute atomic E-state index is 11.9. The number of esters is 1. The first-order valence-corrected chi connectivity index (χ1v) is 12.1. The Morgan fingerprint density at radius 1 is 0.774 bits per heavy atom. The van der Waals surface area contributed by atoms with Gasteiger partial charge in [-0.2, -0.15) is 0 Å². The summed E-state index contributed by atoms with van der Waals surface area (Å²) in [7, 11) is 1.28. The Bertz CT molecular complexity index is 653. The number of benzene rings is 1. The molecule has 31 heavy (non-hydrogen) atoms. The Balaban J connectivity index is 2.16. The predicted octanol–water partition coefficient (Wildman–Crippen LogP) is 7.34. The fraction of sp³-hybridized carbons (Fsp3) is 0.692. The van der Waals surface area contributed by atoms with Gasteiger partial charge in [0.15, 0.2) is 0 Å². The van der Waals surface area contributed by atoms with E-state index in [-0.39, 0.29) is 11.1 Å². The van der Waals surface area contributed by atoms with Gasteiger partial charge in [-0.3, -0.25) is 0 Å². The molecule has 176 valence electrons. The van der Waals surface area contributed by atoms with Crippen LogP contribution in [-0.4, -0.2) is 30.8 Å². The number of carboxylic acids is 1. The van der Waals surface area contributed by atoms with Crippen molar-refractivity contribution in [2.75, 3.05) is 13.7 Å². The molecule has 0 spiro atoms. The first kappa shape index (κ1) is 27.0. The second kappa shape index (κ2) is 16.6. The molecule has 0 atom stereocenters. The van der Waals surface area contributed by atoms with E-state index in [1.807, 2.05) is 0 Å². The maximum atomic E-state index is 11.9. The minimum atomic E-state index is -1.08. The van der Waals surface area contributed by atoms with E-state index in [1.54, 1.807) is 13.0 Å². The third-order valence-corrected chi connectivity index (χ3v) is 5.78. The van der Waals surface area contributed by atoms with E-state index in [4.69, 9.17) is 9.47 Å². The summed E-state index contributed by atoms with van der Waals surface area (Å²) in [6, 6.07) is 3.05. The molecule has 1 N–H and O–H groups in total. The second-order valence-corrected chi connectivity index (χ2v) is 8.38. The number of carbonyl (C=O) groups excluding carboxylic acids is 1. The van der Waals surface area contributed by atoms with E-state index < -0.39 is 11.9 Å². The van der Waals surface area contributed by atoms with Gasteiger partial charge in [-0.25, -0.2) is 9.59 Å². The highest BCUT2D eigenvalue weighted by Gasteiger charge is 2.18. The number of rotatable bonds is 18. The van der Waals surface area contributed by atoms with Gasteiger partial charge in [0.05, 0.1) is 24.8 Å². The van der Waals surface area contributed by atoms with E-state index in [2.05, 4.69) is 6.92 Å². The topological polar surface area (TPSA) is 72.8 Å². The molecule has 1 aromatic carbocycles. The summed E-state index contributed by atoms with van der Waals surface area (Å²) < 4.78 is 10.5. The zero-order chi connectivity index (χ0) is 22.9. The highest BCUT2D eigenvalue weighted by Crippen LogP contribution is 2.24. The normalized spacial score (nSPS) is 10.8. The molecule has 0 aliphatic heterocycles. The Labute approximate surface area is 188 Å². The third-order valence-electron chi connectivity index (χ3n) is 5.78. The van der Waals surface area contributed by atoms with Gasteiger partial charge >= 0.3 is 11.9 Å². The first-order valence-electron chi connectivity index (χ1n) is 12.1. The average Bonchev–Trinajstić information content (AvgIpc) is 2.76. The maximum Gasteiger partial charge on any atom is 0.338 e. The predicted molar refractivity (Wildman–Crippen MR) is 125 cm³/mol. The van der Waals surface area contributed by atoms with Crippen LogP contribution in [0.3, 0.4) is 0 Å². The van der Waals surface area contributed by atoms with Gasteiger partial charge in [0, 0.05) is 0 Å². The quantitative estimate of drug-likeness (QED) is 0.193. The van der Waals surface area contributed by atoms with Crippen LogP contribution in [-0.2, 0) is 4.74 Å². The summed E-state index contributed by atoms with van der Waals surface area (Å²) in [6.45, 7) is 4.38. The molecule has 0 heterocycles. The molecule has 0 amide bonds. The molecule has 0 fully saturated rings. The number of unbranched alkanes of at least 4 members (excludes halogenated alkanes) is 13. The van der Waals surface area contributed by atoms with E-state index >= 15 is 0 Å². The van der Waals surface area contributed by atoms with E-state index in [1.165, 1.54) is 90.2 Å². The van der Waals surface area contributed by atoms with E-state index in [9.17, 15) is 14.7 Å². The van der Waals surface area contributed by atoms with Crippen LogP contribution >= 0.6 is 0 Å². The molecule has 0 unspecified atom stereocenters. The standard InChI is InChI=1S/C26H42O5/c1-4-5-6-7-8-9-10-11-12-13-14-15-16-17-18-31-22-19-23(25(27)28)21(2)24(20-22)26(29)30-3/h19-20H,4-18H2,1-3H3,(H,27,28). The molecule has 5 nitrogen and oxygen atoms in total. The Kier molecular flexibility index (Phi) is 14.5.